The molecule has 0 radical (unpaired) electrons. The van der Waals surface area contributed by atoms with E-state index in [0.29, 0.717) is 6.54 Å². The van der Waals surface area contributed by atoms with Crippen molar-refractivity contribution in [1.82, 2.24) is 20.2 Å². The third-order valence-corrected chi connectivity index (χ3v) is 3.76. The Kier molecular flexibility index (Phi) is 3.18. The van der Waals surface area contributed by atoms with E-state index in [4.69, 9.17) is 0 Å². The minimum absolute atomic E-state index is 0.144. The molecule has 1 aliphatic rings. The van der Waals surface area contributed by atoms with Crippen LogP contribution in [0.1, 0.15) is 24.2 Å². The molecule has 1 aromatic heterocycles. The lowest BCUT2D eigenvalue weighted by Gasteiger charge is -2.18. The van der Waals surface area contributed by atoms with Gasteiger partial charge in [-0.2, -0.15) is 0 Å². The van der Waals surface area contributed by atoms with Crippen molar-refractivity contribution in [2.45, 2.75) is 24.9 Å². The maximum Gasteiger partial charge on any atom is 0.315 e. The van der Waals surface area contributed by atoms with E-state index in [0.717, 1.165) is 18.7 Å². The lowest BCUT2D eigenvalue weighted by atomic mass is 10.1. The SMILES string of the molecule is Cn1ccnc1CNC(=O)NC1(c2ccccc2)CC1. The first-order chi connectivity index (χ1) is 9.70. The number of imidazole rings is 1. The van der Waals surface area contributed by atoms with Gasteiger partial charge >= 0.3 is 6.03 Å². The summed E-state index contributed by atoms with van der Waals surface area (Å²) in [5, 5.41) is 5.94. The third kappa shape index (κ3) is 2.52. The second-order valence-corrected chi connectivity index (χ2v) is 5.21. The van der Waals surface area contributed by atoms with E-state index in [2.05, 4.69) is 27.8 Å². The number of urea groups is 1. The molecule has 2 aromatic rings. The molecule has 20 heavy (non-hydrogen) atoms. The average Bonchev–Trinajstić information content (AvgIpc) is 3.13. The molecule has 1 aromatic carbocycles. The number of aryl methyl sites for hydroxylation is 1. The first-order valence-electron chi connectivity index (χ1n) is 6.77. The van der Waals surface area contributed by atoms with Crippen molar-refractivity contribution in [3.8, 4) is 0 Å². The van der Waals surface area contributed by atoms with Crippen LogP contribution in [0, 0.1) is 0 Å². The minimum Gasteiger partial charge on any atom is -0.337 e. The van der Waals surface area contributed by atoms with Gasteiger partial charge in [0.25, 0.3) is 0 Å². The van der Waals surface area contributed by atoms with E-state index in [1.54, 1.807) is 6.20 Å². The summed E-state index contributed by atoms with van der Waals surface area (Å²) in [6.07, 6.45) is 5.57. The number of carbonyl (C=O) groups excluding carboxylic acids is 1. The largest absolute Gasteiger partial charge is 0.337 e. The molecule has 0 unspecified atom stereocenters. The van der Waals surface area contributed by atoms with Crippen molar-refractivity contribution < 1.29 is 4.79 Å². The van der Waals surface area contributed by atoms with E-state index in [1.165, 1.54) is 5.56 Å². The Morgan fingerprint density at radius 1 is 1.35 bits per heavy atom. The Morgan fingerprint density at radius 2 is 2.10 bits per heavy atom. The number of nitrogens with zero attached hydrogens (tertiary/aromatic N) is 2. The number of nitrogens with one attached hydrogen (secondary N) is 2. The number of benzene rings is 1. The van der Waals surface area contributed by atoms with Gasteiger partial charge in [0.2, 0.25) is 0 Å². The number of hydrogen-bond donors (Lipinski definition) is 2. The average molecular weight is 270 g/mol. The van der Waals surface area contributed by atoms with Gasteiger partial charge in [-0.1, -0.05) is 30.3 Å². The van der Waals surface area contributed by atoms with Gasteiger partial charge in [-0.3, -0.25) is 0 Å². The van der Waals surface area contributed by atoms with Crippen molar-refractivity contribution >= 4 is 6.03 Å². The fraction of sp³-hybridized carbons (Fsp3) is 0.333. The van der Waals surface area contributed by atoms with Gasteiger partial charge in [-0.05, 0) is 18.4 Å². The van der Waals surface area contributed by atoms with Crippen LogP contribution in [0.25, 0.3) is 0 Å². The first-order valence-corrected chi connectivity index (χ1v) is 6.77. The smallest absolute Gasteiger partial charge is 0.315 e. The Bertz CT molecular complexity index is 601. The molecule has 0 bridgehead atoms. The van der Waals surface area contributed by atoms with Crippen LogP contribution in [0.15, 0.2) is 42.7 Å². The molecule has 1 saturated carbocycles. The van der Waals surface area contributed by atoms with Crippen LogP contribution >= 0.6 is 0 Å². The lowest BCUT2D eigenvalue weighted by Crippen LogP contribution is -2.42. The third-order valence-electron chi connectivity index (χ3n) is 3.76. The van der Waals surface area contributed by atoms with Crippen molar-refractivity contribution in [3.63, 3.8) is 0 Å². The summed E-state index contributed by atoms with van der Waals surface area (Å²) in [7, 11) is 1.91. The monoisotopic (exact) mass is 270 g/mol. The van der Waals surface area contributed by atoms with Crippen molar-refractivity contribution in [3.05, 3.63) is 54.1 Å². The quantitative estimate of drug-likeness (QED) is 0.891. The fourth-order valence-corrected chi connectivity index (χ4v) is 2.36. The Hall–Kier alpha value is -2.30. The summed E-state index contributed by atoms with van der Waals surface area (Å²) < 4.78 is 1.89. The first kappa shape index (κ1) is 12.7. The van der Waals surface area contributed by atoms with Crippen LogP contribution in [0.3, 0.4) is 0 Å². The standard InChI is InChI=1S/C15H18N4O/c1-19-10-9-16-13(19)11-17-14(20)18-15(7-8-15)12-5-3-2-4-6-12/h2-6,9-10H,7-8,11H2,1H3,(H2,17,18,20). The zero-order valence-electron chi connectivity index (χ0n) is 11.5. The predicted molar refractivity (Wildman–Crippen MR) is 75.9 cm³/mol. The molecule has 0 saturated heterocycles. The highest BCUT2D eigenvalue weighted by Gasteiger charge is 2.45. The molecule has 2 N–H and O–H groups in total. The molecular formula is C15H18N4O. The molecule has 0 atom stereocenters. The lowest BCUT2D eigenvalue weighted by molar-refractivity contribution is 0.235. The highest BCUT2D eigenvalue weighted by atomic mass is 16.2. The molecule has 1 heterocycles. The molecule has 1 fully saturated rings. The highest BCUT2D eigenvalue weighted by molar-refractivity contribution is 5.75. The summed E-state index contributed by atoms with van der Waals surface area (Å²) in [5.74, 6) is 0.838. The summed E-state index contributed by atoms with van der Waals surface area (Å²) in [5.41, 5.74) is 1.000. The Balaban J connectivity index is 1.58. The maximum atomic E-state index is 12.0. The van der Waals surface area contributed by atoms with Gasteiger partial charge < -0.3 is 15.2 Å². The maximum absolute atomic E-state index is 12.0. The molecule has 0 aliphatic heterocycles. The van der Waals surface area contributed by atoms with Gasteiger partial charge in [0.15, 0.2) is 0 Å². The van der Waals surface area contributed by atoms with E-state index < -0.39 is 0 Å². The second-order valence-electron chi connectivity index (χ2n) is 5.21. The molecule has 5 nitrogen and oxygen atoms in total. The number of amides is 2. The van der Waals surface area contributed by atoms with Crippen LogP contribution in [-0.2, 0) is 19.1 Å². The van der Waals surface area contributed by atoms with Crippen molar-refractivity contribution in [1.29, 1.82) is 0 Å². The topological polar surface area (TPSA) is 59.0 Å². The van der Waals surface area contributed by atoms with Crippen LogP contribution in [0.5, 0.6) is 0 Å². The zero-order valence-corrected chi connectivity index (χ0v) is 11.5. The van der Waals surface area contributed by atoms with Crippen molar-refractivity contribution in [2.24, 2.45) is 7.05 Å². The summed E-state index contributed by atoms with van der Waals surface area (Å²) >= 11 is 0. The van der Waals surface area contributed by atoms with Gasteiger partial charge in [0.05, 0.1) is 12.1 Å². The Morgan fingerprint density at radius 3 is 2.70 bits per heavy atom. The Labute approximate surface area is 118 Å². The number of carbonyl (C=O) groups is 1. The van der Waals surface area contributed by atoms with E-state index >= 15 is 0 Å². The zero-order chi connectivity index (χ0) is 14.0. The minimum atomic E-state index is -0.174. The van der Waals surface area contributed by atoms with E-state index in [9.17, 15) is 4.79 Å². The molecule has 0 spiro atoms. The number of hydrogen-bond acceptors (Lipinski definition) is 2. The molecule has 104 valence electrons. The van der Waals surface area contributed by atoms with Crippen LogP contribution < -0.4 is 10.6 Å². The second kappa shape index (κ2) is 5.00. The van der Waals surface area contributed by atoms with Gasteiger partial charge in [0.1, 0.15) is 5.82 Å². The van der Waals surface area contributed by atoms with E-state index in [-0.39, 0.29) is 11.6 Å². The van der Waals surface area contributed by atoms with E-state index in [1.807, 2.05) is 36.0 Å². The summed E-state index contributed by atoms with van der Waals surface area (Å²) in [4.78, 5) is 16.2. The molecule has 3 rings (SSSR count). The normalized spacial score (nSPS) is 15.7. The van der Waals surface area contributed by atoms with Crippen LogP contribution in [0.4, 0.5) is 4.79 Å². The van der Waals surface area contributed by atoms with Crippen molar-refractivity contribution in [2.75, 3.05) is 0 Å². The van der Waals surface area contributed by atoms with Gasteiger partial charge in [0, 0.05) is 19.4 Å². The predicted octanol–water partition coefficient (Wildman–Crippen LogP) is 1.91. The van der Waals surface area contributed by atoms with Gasteiger partial charge in [-0.15, -0.1) is 0 Å². The fourth-order valence-electron chi connectivity index (χ4n) is 2.36. The summed E-state index contributed by atoms with van der Waals surface area (Å²) in [6.45, 7) is 0.431. The molecule has 1 aliphatic carbocycles. The van der Waals surface area contributed by atoms with Gasteiger partial charge in [-0.25, -0.2) is 9.78 Å². The van der Waals surface area contributed by atoms with Crippen LogP contribution in [-0.4, -0.2) is 15.6 Å². The molecular weight excluding hydrogens is 252 g/mol. The molecule has 5 heteroatoms. The van der Waals surface area contributed by atoms with Crippen LogP contribution in [0.2, 0.25) is 0 Å². The number of aromatic nitrogens is 2. The molecule has 2 amide bonds. The highest BCUT2D eigenvalue weighted by Crippen LogP contribution is 2.45. The summed E-state index contributed by atoms with van der Waals surface area (Å²) in [6, 6.07) is 9.97. The number of rotatable bonds is 4.